The minimum Gasteiger partial charge on any atom is -0.0683 e. The van der Waals surface area contributed by atoms with Gasteiger partial charge in [-0.2, -0.15) is 0 Å². The summed E-state index contributed by atoms with van der Waals surface area (Å²) >= 11 is 0. The van der Waals surface area contributed by atoms with Gasteiger partial charge in [-0.05, 0) is 54.6 Å². The van der Waals surface area contributed by atoms with Gasteiger partial charge in [0.15, 0.2) is 0 Å². The Morgan fingerprint density at radius 3 is 2.04 bits per heavy atom. The predicted octanol–water partition coefficient (Wildman–Crippen LogP) is 9.65. The maximum absolute atomic E-state index is 2.49. The summed E-state index contributed by atoms with van der Waals surface area (Å²) < 4.78 is 0. The average Bonchev–Trinajstić information content (AvgIpc) is 2.74. The van der Waals surface area contributed by atoms with Gasteiger partial charge in [0.25, 0.3) is 0 Å². The van der Waals surface area contributed by atoms with Crippen molar-refractivity contribution in [1.29, 1.82) is 0 Å². The van der Waals surface area contributed by atoms with Gasteiger partial charge in [0.2, 0.25) is 0 Å². The normalized spacial score (nSPS) is 19.7. The topological polar surface area (TPSA) is 0 Å². The largest absolute Gasteiger partial charge is 0.0683 e. The van der Waals surface area contributed by atoms with Gasteiger partial charge in [-0.1, -0.05) is 124 Å². The Labute approximate surface area is 178 Å². The standard InChI is InChI=1S/C23H38.C3H8.C2H6/c1-4-6-7-8-10-21-13-15-23(16-14-21)19(3)17-22-12-9-11-20(5-2)18-22;1-3-2;1-2/h9,11-12,18-19,21,23H,4-8,10,13-17H2,1-3H3;3H2,1-2H3;1-2H3/t19-,21?,23?;;/m0../s1. The van der Waals surface area contributed by atoms with Crippen LogP contribution < -0.4 is 0 Å². The Kier molecular flexibility index (Phi) is 17.8. The van der Waals surface area contributed by atoms with Gasteiger partial charge in [-0.15, -0.1) is 0 Å². The molecule has 28 heavy (non-hydrogen) atoms. The van der Waals surface area contributed by atoms with Crippen LogP contribution >= 0.6 is 0 Å². The van der Waals surface area contributed by atoms with Crippen LogP contribution in [-0.2, 0) is 12.8 Å². The maximum Gasteiger partial charge on any atom is -0.0250 e. The van der Waals surface area contributed by atoms with Crippen LogP contribution in [0.25, 0.3) is 0 Å². The molecule has 0 nitrogen and oxygen atoms in total. The lowest BCUT2D eigenvalue weighted by atomic mass is 9.73. The van der Waals surface area contributed by atoms with Crippen molar-refractivity contribution in [3.8, 4) is 0 Å². The molecule has 1 atom stereocenters. The van der Waals surface area contributed by atoms with E-state index in [2.05, 4.69) is 58.9 Å². The zero-order chi connectivity index (χ0) is 21.2. The average molecular weight is 389 g/mol. The number of unbranched alkanes of at least 4 members (excludes halogenated alkanes) is 3. The third-order valence-corrected chi connectivity index (χ3v) is 6.12. The zero-order valence-corrected chi connectivity index (χ0v) is 20.5. The van der Waals surface area contributed by atoms with Gasteiger partial charge in [0.05, 0.1) is 0 Å². The maximum atomic E-state index is 2.49. The highest BCUT2D eigenvalue weighted by atomic mass is 14.3. The molecule has 1 aliphatic carbocycles. The molecule has 0 N–H and O–H groups in total. The number of hydrogen-bond acceptors (Lipinski definition) is 0. The second-order valence-electron chi connectivity index (χ2n) is 8.69. The second kappa shape index (κ2) is 18.3. The number of aryl methyl sites for hydroxylation is 1. The van der Waals surface area contributed by atoms with Crippen molar-refractivity contribution in [3.05, 3.63) is 35.4 Å². The molecule has 1 saturated carbocycles. The van der Waals surface area contributed by atoms with E-state index in [0.29, 0.717) is 0 Å². The molecule has 1 aliphatic rings. The predicted molar refractivity (Wildman–Crippen MR) is 130 cm³/mol. The third kappa shape index (κ3) is 11.9. The van der Waals surface area contributed by atoms with Crippen molar-refractivity contribution in [2.75, 3.05) is 0 Å². The molecule has 0 heterocycles. The van der Waals surface area contributed by atoms with E-state index in [1.54, 1.807) is 5.56 Å². The van der Waals surface area contributed by atoms with Crippen molar-refractivity contribution in [2.24, 2.45) is 17.8 Å². The molecule has 1 fully saturated rings. The molecule has 0 amide bonds. The Morgan fingerprint density at radius 2 is 1.46 bits per heavy atom. The molecule has 0 aromatic heterocycles. The highest BCUT2D eigenvalue weighted by Crippen LogP contribution is 2.36. The van der Waals surface area contributed by atoms with E-state index in [4.69, 9.17) is 0 Å². The summed E-state index contributed by atoms with van der Waals surface area (Å²) in [4.78, 5) is 0. The fourth-order valence-corrected chi connectivity index (χ4v) is 4.42. The molecule has 164 valence electrons. The molecule has 1 aromatic rings. The summed E-state index contributed by atoms with van der Waals surface area (Å²) in [6, 6.07) is 9.26. The Bertz CT molecular complexity index is 439. The fraction of sp³-hybridized carbons (Fsp3) is 0.786. The lowest BCUT2D eigenvalue weighted by Crippen LogP contribution is -2.21. The molecule has 0 bridgehead atoms. The first-order valence-electron chi connectivity index (χ1n) is 12.7. The van der Waals surface area contributed by atoms with E-state index in [1.807, 2.05) is 13.8 Å². The van der Waals surface area contributed by atoms with Crippen molar-refractivity contribution in [2.45, 2.75) is 126 Å². The van der Waals surface area contributed by atoms with E-state index >= 15 is 0 Å². The first kappa shape index (κ1) is 27.2. The third-order valence-electron chi connectivity index (χ3n) is 6.12. The summed E-state index contributed by atoms with van der Waals surface area (Å²) in [5.74, 6) is 2.86. The number of benzene rings is 1. The summed E-state index contributed by atoms with van der Waals surface area (Å²) in [5, 5.41) is 0. The molecule has 0 aliphatic heterocycles. The van der Waals surface area contributed by atoms with E-state index in [1.165, 1.54) is 76.2 Å². The molecular weight excluding hydrogens is 336 g/mol. The van der Waals surface area contributed by atoms with Crippen molar-refractivity contribution >= 4 is 0 Å². The Balaban J connectivity index is 0.00000133. The smallest absolute Gasteiger partial charge is 0.0250 e. The van der Waals surface area contributed by atoms with Crippen LogP contribution in [0, 0.1) is 17.8 Å². The fourth-order valence-electron chi connectivity index (χ4n) is 4.42. The lowest BCUT2D eigenvalue weighted by molar-refractivity contribution is 0.204. The van der Waals surface area contributed by atoms with Gasteiger partial charge < -0.3 is 0 Å². The SMILES string of the molecule is CC.CCC.CCCCCCC1CCC([C@@H](C)Cc2cccc(CC)c2)CC1. The quantitative estimate of drug-likeness (QED) is 0.369. The van der Waals surface area contributed by atoms with E-state index in [0.717, 1.165) is 24.2 Å². The van der Waals surface area contributed by atoms with E-state index < -0.39 is 0 Å². The lowest BCUT2D eigenvalue weighted by Gasteiger charge is -2.32. The van der Waals surface area contributed by atoms with Gasteiger partial charge >= 0.3 is 0 Å². The van der Waals surface area contributed by atoms with Gasteiger partial charge in [0.1, 0.15) is 0 Å². The molecule has 0 spiro atoms. The molecular formula is C28H52. The van der Waals surface area contributed by atoms with Crippen molar-refractivity contribution in [3.63, 3.8) is 0 Å². The van der Waals surface area contributed by atoms with Crippen LogP contribution in [0.4, 0.5) is 0 Å². The van der Waals surface area contributed by atoms with Crippen LogP contribution in [0.15, 0.2) is 24.3 Å². The van der Waals surface area contributed by atoms with Gasteiger partial charge in [-0.25, -0.2) is 0 Å². The molecule has 2 rings (SSSR count). The van der Waals surface area contributed by atoms with Gasteiger partial charge in [-0.3, -0.25) is 0 Å². The van der Waals surface area contributed by atoms with Crippen LogP contribution in [0.2, 0.25) is 0 Å². The summed E-state index contributed by atoms with van der Waals surface area (Å²) in [6.45, 7) is 15.3. The highest BCUT2D eigenvalue weighted by molar-refractivity contribution is 5.23. The monoisotopic (exact) mass is 388 g/mol. The molecule has 1 aromatic carbocycles. The zero-order valence-electron chi connectivity index (χ0n) is 20.5. The van der Waals surface area contributed by atoms with Crippen molar-refractivity contribution in [1.82, 2.24) is 0 Å². The number of rotatable bonds is 9. The summed E-state index contributed by atoms with van der Waals surface area (Å²) in [6.07, 6.45) is 16.9. The van der Waals surface area contributed by atoms with Crippen LogP contribution in [-0.4, -0.2) is 0 Å². The molecule has 0 radical (unpaired) electrons. The van der Waals surface area contributed by atoms with Gasteiger partial charge in [0, 0.05) is 0 Å². The molecule has 0 heteroatoms. The van der Waals surface area contributed by atoms with Crippen LogP contribution in [0.1, 0.15) is 124 Å². The minimum absolute atomic E-state index is 0.850. The first-order valence-corrected chi connectivity index (χ1v) is 12.7. The Hall–Kier alpha value is -0.780. The van der Waals surface area contributed by atoms with Crippen LogP contribution in [0.3, 0.4) is 0 Å². The summed E-state index contributed by atoms with van der Waals surface area (Å²) in [5.41, 5.74) is 3.05. The number of hydrogen-bond donors (Lipinski definition) is 0. The minimum atomic E-state index is 0.850. The molecule has 0 unspecified atom stereocenters. The first-order chi connectivity index (χ1) is 13.6. The molecule has 0 saturated heterocycles. The van der Waals surface area contributed by atoms with E-state index in [9.17, 15) is 0 Å². The van der Waals surface area contributed by atoms with Crippen molar-refractivity contribution < 1.29 is 0 Å². The Morgan fingerprint density at radius 1 is 0.857 bits per heavy atom. The highest BCUT2D eigenvalue weighted by Gasteiger charge is 2.25. The van der Waals surface area contributed by atoms with E-state index in [-0.39, 0.29) is 0 Å². The summed E-state index contributed by atoms with van der Waals surface area (Å²) in [7, 11) is 0. The van der Waals surface area contributed by atoms with Crippen LogP contribution in [0.5, 0.6) is 0 Å². The second-order valence-corrected chi connectivity index (χ2v) is 8.69.